The molecule has 0 fully saturated rings. The Balaban J connectivity index is 2.19. The predicted octanol–water partition coefficient (Wildman–Crippen LogP) is 1.84. The fourth-order valence-corrected chi connectivity index (χ4v) is 1.90. The number of aryl methyl sites for hydroxylation is 1. The van der Waals surface area contributed by atoms with Gasteiger partial charge in [-0.3, -0.25) is 0 Å². The molecule has 106 valence electrons. The standard InChI is InChI=1S/C13H18N6O/c1-4-18(5-2)13(20)14-11-7-6-8-12(9-11)19-10(3)15-16-17-19/h6-9H,4-5H2,1-3H3,(H,14,20). The first-order chi connectivity index (χ1) is 9.65. The number of nitrogens with one attached hydrogen (secondary N) is 1. The molecule has 0 aliphatic heterocycles. The van der Waals surface area contributed by atoms with Crippen LogP contribution in [-0.2, 0) is 0 Å². The molecule has 20 heavy (non-hydrogen) atoms. The van der Waals surface area contributed by atoms with Crippen molar-refractivity contribution < 1.29 is 4.79 Å². The minimum absolute atomic E-state index is 0.111. The average Bonchev–Trinajstić information content (AvgIpc) is 2.86. The van der Waals surface area contributed by atoms with Crippen molar-refractivity contribution in [3.05, 3.63) is 30.1 Å². The molecular weight excluding hydrogens is 256 g/mol. The number of amides is 2. The van der Waals surface area contributed by atoms with Gasteiger partial charge in [0.05, 0.1) is 5.69 Å². The fourth-order valence-electron chi connectivity index (χ4n) is 1.90. The van der Waals surface area contributed by atoms with E-state index in [2.05, 4.69) is 20.8 Å². The lowest BCUT2D eigenvalue weighted by molar-refractivity contribution is 0.217. The number of aromatic nitrogens is 4. The lowest BCUT2D eigenvalue weighted by atomic mass is 10.3. The van der Waals surface area contributed by atoms with Crippen LogP contribution in [0.15, 0.2) is 24.3 Å². The van der Waals surface area contributed by atoms with Crippen LogP contribution in [-0.4, -0.2) is 44.2 Å². The second kappa shape index (κ2) is 6.14. The third-order valence-electron chi connectivity index (χ3n) is 3.02. The van der Waals surface area contributed by atoms with Crippen molar-refractivity contribution >= 4 is 11.7 Å². The maximum Gasteiger partial charge on any atom is 0.321 e. The molecule has 2 rings (SSSR count). The lowest BCUT2D eigenvalue weighted by Crippen LogP contribution is -2.34. The number of hydrogen-bond acceptors (Lipinski definition) is 4. The van der Waals surface area contributed by atoms with Crippen LogP contribution in [0.4, 0.5) is 10.5 Å². The maximum atomic E-state index is 12.0. The molecule has 0 unspecified atom stereocenters. The predicted molar refractivity (Wildman–Crippen MR) is 75.8 cm³/mol. The highest BCUT2D eigenvalue weighted by atomic mass is 16.2. The van der Waals surface area contributed by atoms with Crippen molar-refractivity contribution in [2.45, 2.75) is 20.8 Å². The summed E-state index contributed by atoms with van der Waals surface area (Å²) in [4.78, 5) is 13.7. The topological polar surface area (TPSA) is 75.9 Å². The van der Waals surface area contributed by atoms with Crippen molar-refractivity contribution in [3.63, 3.8) is 0 Å². The molecule has 1 aromatic carbocycles. The lowest BCUT2D eigenvalue weighted by Gasteiger charge is -2.19. The molecule has 2 aromatic rings. The zero-order chi connectivity index (χ0) is 14.5. The number of carbonyl (C=O) groups excluding carboxylic acids is 1. The van der Waals surface area contributed by atoms with E-state index in [1.807, 2.05) is 45.0 Å². The Kier molecular flexibility index (Phi) is 4.29. The Bertz CT molecular complexity index is 590. The summed E-state index contributed by atoms with van der Waals surface area (Å²) in [5.41, 5.74) is 1.53. The van der Waals surface area contributed by atoms with E-state index in [1.54, 1.807) is 9.58 Å². The minimum atomic E-state index is -0.111. The number of urea groups is 1. The first kappa shape index (κ1) is 14.0. The molecule has 1 aromatic heterocycles. The largest absolute Gasteiger partial charge is 0.325 e. The molecular formula is C13H18N6O. The van der Waals surface area contributed by atoms with E-state index in [0.717, 1.165) is 5.69 Å². The monoisotopic (exact) mass is 274 g/mol. The van der Waals surface area contributed by atoms with E-state index >= 15 is 0 Å². The smallest absolute Gasteiger partial charge is 0.321 e. The van der Waals surface area contributed by atoms with Gasteiger partial charge in [0.25, 0.3) is 0 Å². The highest BCUT2D eigenvalue weighted by Crippen LogP contribution is 2.15. The summed E-state index contributed by atoms with van der Waals surface area (Å²) < 4.78 is 1.62. The van der Waals surface area contributed by atoms with E-state index in [0.29, 0.717) is 24.6 Å². The van der Waals surface area contributed by atoms with E-state index in [-0.39, 0.29) is 6.03 Å². The van der Waals surface area contributed by atoms with E-state index in [4.69, 9.17) is 0 Å². The van der Waals surface area contributed by atoms with Crippen LogP contribution in [0, 0.1) is 6.92 Å². The SMILES string of the molecule is CCN(CC)C(=O)Nc1cccc(-n2nnnc2C)c1. The molecule has 2 amide bonds. The van der Waals surface area contributed by atoms with Crippen LogP contribution in [0.3, 0.4) is 0 Å². The Morgan fingerprint density at radius 3 is 2.70 bits per heavy atom. The second-order valence-corrected chi connectivity index (χ2v) is 4.29. The average molecular weight is 274 g/mol. The molecule has 0 aliphatic rings. The number of nitrogens with zero attached hydrogens (tertiary/aromatic N) is 5. The molecule has 7 heteroatoms. The van der Waals surface area contributed by atoms with Gasteiger partial charge in [-0.05, 0) is 49.4 Å². The van der Waals surface area contributed by atoms with Crippen LogP contribution in [0.2, 0.25) is 0 Å². The molecule has 1 N–H and O–H groups in total. The van der Waals surface area contributed by atoms with Crippen molar-refractivity contribution in [1.29, 1.82) is 0 Å². The molecule has 0 saturated heterocycles. The van der Waals surface area contributed by atoms with Gasteiger partial charge in [0.2, 0.25) is 0 Å². The van der Waals surface area contributed by atoms with Crippen molar-refractivity contribution in [2.24, 2.45) is 0 Å². The Hall–Kier alpha value is -2.44. The number of carbonyl (C=O) groups is 1. The summed E-state index contributed by atoms with van der Waals surface area (Å²) in [6, 6.07) is 7.31. The molecule has 0 aliphatic carbocycles. The number of tetrazole rings is 1. The number of anilines is 1. The highest BCUT2D eigenvalue weighted by Gasteiger charge is 2.10. The maximum absolute atomic E-state index is 12.0. The number of rotatable bonds is 4. The quantitative estimate of drug-likeness (QED) is 0.923. The Morgan fingerprint density at radius 1 is 1.35 bits per heavy atom. The van der Waals surface area contributed by atoms with E-state index in [1.165, 1.54) is 0 Å². The van der Waals surface area contributed by atoms with Crippen molar-refractivity contribution in [1.82, 2.24) is 25.1 Å². The van der Waals surface area contributed by atoms with Gasteiger partial charge >= 0.3 is 6.03 Å². The second-order valence-electron chi connectivity index (χ2n) is 4.29. The zero-order valence-electron chi connectivity index (χ0n) is 11.9. The molecule has 0 spiro atoms. The van der Waals surface area contributed by atoms with Gasteiger partial charge in [0.15, 0.2) is 5.82 Å². The number of hydrogen-bond donors (Lipinski definition) is 1. The first-order valence-corrected chi connectivity index (χ1v) is 6.57. The van der Waals surface area contributed by atoms with Crippen molar-refractivity contribution in [3.8, 4) is 5.69 Å². The van der Waals surface area contributed by atoms with Gasteiger partial charge in [-0.25, -0.2) is 4.79 Å². The molecule has 0 bridgehead atoms. The summed E-state index contributed by atoms with van der Waals surface area (Å²) in [6.07, 6.45) is 0. The molecule has 7 nitrogen and oxygen atoms in total. The third-order valence-corrected chi connectivity index (χ3v) is 3.02. The number of benzene rings is 1. The Labute approximate surface area is 117 Å². The summed E-state index contributed by atoms with van der Waals surface area (Å²) in [7, 11) is 0. The summed E-state index contributed by atoms with van der Waals surface area (Å²) in [5.74, 6) is 0.692. The molecule has 0 atom stereocenters. The third kappa shape index (κ3) is 2.93. The van der Waals surface area contributed by atoms with Crippen LogP contribution in [0.1, 0.15) is 19.7 Å². The van der Waals surface area contributed by atoms with Crippen LogP contribution < -0.4 is 5.32 Å². The molecule has 0 saturated carbocycles. The summed E-state index contributed by atoms with van der Waals surface area (Å²) in [6.45, 7) is 7.07. The highest BCUT2D eigenvalue weighted by molar-refractivity contribution is 5.89. The normalized spacial score (nSPS) is 10.3. The van der Waals surface area contributed by atoms with E-state index < -0.39 is 0 Å². The first-order valence-electron chi connectivity index (χ1n) is 6.57. The van der Waals surface area contributed by atoms with Gasteiger partial charge in [-0.2, -0.15) is 4.68 Å². The minimum Gasteiger partial charge on any atom is -0.325 e. The van der Waals surface area contributed by atoms with Gasteiger partial charge in [0.1, 0.15) is 0 Å². The van der Waals surface area contributed by atoms with Crippen LogP contribution in [0.25, 0.3) is 5.69 Å². The van der Waals surface area contributed by atoms with Gasteiger partial charge in [0, 0.05) is 18.8 Å². The van der Waals surface area contributed by atoms with E-state index in [9.17, 15) is 4.79 Å². The summed E-state index contributed by atoms with van der Waals surface area (Å²) in [5, 5.41) is 14.2. The summed E-state index contributed by atoms with van der Waals surface area (Å²) >= 11 is 0. The van der Waals surface area contributed by atoms with Gasteiger partial charge < -0.3 is 10.2 Å². The zero-order valence-corrected chi connectivity index (χ0v) is 11.9. The van der Waals surface area contributed by atoms with Gasteiger partial charge in [-0.1, -0.05) is 6.07 Å². The van der Waals surface area contributed by atoms with Crippen LogP contribution >= 0.6 is 0 Å². The van der Waals surface area contributed by atoms with Gasteiger partial charge in [-0.15, -0.1) is 5.10 Å². The van der Waals surface area contributed by atoms with Crippen molar-refractivity contribution in [2.75, 3.05) is 18.4 Å². The molecule has 1 heterocycles. The van der Waals surface area contributed by atoms with Crippen LogP contribution in [0.5, 0.6) is 0 Å². The fraction of sp³-hybridized carbons (Fsp3) is 0.385. The molecule has 0 radical (unpaired) electrons. The Morgan fingerprint density at radius 2 is 2.10 bits per heavy atom.